The molecule has 0 unspecified atom stereocenters. The zero-order chi connectivity index (χ0) is 16.9. The molecule has 0 saturated carbocycles. The van der Waals surface area contributed by atoms with Crippen molar-refractivity contribution in [2.45, 2.75) is 6.29 Å². The number of benzene rings is 2. The van der Waals surface area contributed by atoms with Crippen LogP contribution in [-0.4, -0.2) is 16.8 Å². The standard InChI is InChI=1S/C17H12F2N2O3/c1-21-9-12(11-4-2-3-5-13(11)21)16(22)20-10-6-7-14-15(8-10)24-17(18,19)23-14/h2-9H,1H3,(H,20,22). The number of ether oxygens (including phenoxy) is 2. The lowest BCUT2D eigenvalue weighted by Crippen LogP contribution is -2.25. The van der Waals surface area contributed by atoms with Crippen LogP contribution in [0.2, 0.25) is 0 Å². The lowest BCUT2D eigenvalue weighted by atomic mass is 10.1. The van der Waals surface area contributed by atoms with Gasteiger partial charge in [0.2, 0.25) is 0 Å². The summed E-state index contributed by atoms with van der Waals surface area (Å²) in [6.45, 7) is 0. The van der Waals surface area contributed by atoms with Crippen molar-refractivity contribution < 1.29 is 23.0 Å². The van der Waals surface area contributed by atoms with E-state index < -0.39 is 6.29 Å². The van der Waals surface area contributed by atoms with Crippen molar-refractivity contribution in [2.24, 2.45) is 7.05 Å². The second-order valence-corrected chi connectivity index (χ2v) is 5.45. The Hall–Kier alpha value is -3.09. The SMILES string of the molecule is Cn1cc(C(=O)Nc2ccc3c(c2)OC(F)(F)O3)c2ccccc21. The fraction of sp³-hybridized carbons (Fsp3) is 0.118. The van der Waals surface area contributed by atoms with Gasteiger partial charge in [-0.05, 0) is 18.2 Å². The zero-order valence-corrected chi connectivity index (χ0v) is 12.5. The molecule has 5 nitrogen and oxygen atoms in total. The van der Waals surface area contributed by atoms with Gasteiger partial charge in [0, 0.05) is 35.9 Å². The Bertz CT molecular complexity index is 966. The van der Waals surface area contributed by atoms with E-state index in [1.54, 1.807) is 6.20 Å². The van der Waals surface area contributed by atoms with Crippen molar-refractivity contribution in [3.05, 3.63) is 54.2 Å². The normalized spacial score (nSPS) is 14.8. The van der Waals surface area contributed by atoms with Crippen LogP contribution in [0.5, 0.6) is 11.5 Å². The molecular formula is C17H12F2N2O3. The number of aryl methyl sites for hydroxylation is 1. The van der Waals surface area contributed by atoms with Crippen molar-refractivity contribution in [3.8, 4) is 11.5 Å². The van der Waals surface area contributed by atoms with Crippen molar-refractivity contribution in [1.29, 1.82) is 0 Å². The van der Waals surface area contributed by atoms with Crippen LogP contribution in [0.1, 0.15) is 10.4 Å². The van der Waals surface area contributed by atoms with Crippen molar-refractivity contribution in [3.63, 3.8) is 0 Å². The lowest BCUT2D eigenvalue weighted by molar-refractivity contribution is -0.286. The maximum absolute atomic E-state index is 13.0. The molecule has 4 rings (SSSR count). The first-order valence-electron chi connectivity index (χ1n) is 7.18. The number of carbonyl (C=O) groups is 1. The number of hydrogen-bond acceptors (Lipinski definition) is 3. The highest BCUT2D eigenvalue weighted by Gasteiger charge is 2.43. The highest BCUT2D eigenvalue weighted by atomic mass is 19.3. The van der Waals surface area contributed by atoms with Gasteiger partial charge in [-0.1, -0.05) is 18.2 Å². The van der Waals surface area contributed by atoms with Crippen LogP contribution in [0, 0.1) is 0 Å². The highest BCUT2D eigenvalue weighted by molar-refractivity contribution is 6.13. The Morgan fingerprint density at radius 3 is 2.71 bits per heavy atom. The van der Waals surface area contributed by atoms with Crippen LogP contribution in [0.3, 0.4) is 0 Å². The first kappa shape index (κ1) is 14.5. The molecule has 24 heavy (non-hydrogen) atoms. The van der Waals surface area contributed by atoms with Crippen molar-refractivity contribution >= 4 is 22.5 Å². The number of halogens is 2. The van der Waals surface area contributed by atoms with Gasteiger partial charge in [-0.25, -0.2) is 0 Å². The number of amides is 1. The maximum Gasteiger partial charge on any atom is 0.586 e. The molecule has 1 aliphatic rings. The first-order valence-corrected chi connectivity index (χ1v) is 7.18. The topological polar surface area (TPSA) is 52.5 Å². The summed E-state index contributed by atoms with van der Waals surface area (Å²) in [4.78, 5) is 12.5. The summed E-state index contributed by atoms with van der Waals surface area (Å²) >= 11 is 0. The van der Waals surface area contributed by atoms with Gasteiger partial charge in [0.1, 0.15) is 0 Å². The highest BCUT2D eigenvalue weighted by Crippen LogP contribution is 2.42. The average Bonchev–Trinajstić information content (AvgIpc) is 3.03. The monoisotopic (exact) mass is 330 g/mol. The second-order valence-electron chi connectivity index (χ2n) is 5.45. The molecular weight excluding hydrogens is 318 g/mol. The van der Waals surface area contributed by atoms with Crippen LogP contribution in [-0.2, 0) is 7.05 Å². The Balaban J connectivity index is 1.63. The third kappa shape index (κ3) is 2.34. The molecule has 1 aromatic heterocycles. The van der Waals surface area contributed by atoms with Gasteiger partial charge >= 0.3 is 6.29 Å². The number of rotatable bonds is 2. The van der Waals surface area contributed by atoms with E-state index in [1.807, 2.05) is 35.9 Å². The van der Waals surface area contributed by atoms with Crippen LogP contribution in [0.25, 0.3) is 10.9 Å². The summed E-state index contributed by atoms with van der Waals surface area (Å²) in [5, 5.41) is 3.50. The molecule has 0 atom stereocenters. The summed E-state index contributed by atoms with van der Waals surface area (Å²) in [5.41, 5.74) is 1.76. The summed E-state index contributed by atoms with van der Waals surface area (Å²) in [6, 6.07) is 11.6. The molecule has 0 radical (unpaired) electrons. The number of alkyl halides is 2. The number of anilines is 1. The fourth-order valence-corrected chi connectivity index (χ4v) is 2.75. The second kappa shape index (κ2) is 4.95. The first-order chi connectivity index (χ1) is 11.4. The number of carbonyl (C=O) groups excluding carboxylic acids is 1. The molecule has 0 spiro atoms. The van der Waals surface area contributed by atoms with E-state index in [0.29, 0.717) is 11.3 Å². The van der Waals surface area contributed by atoms with E-state index in [2.05, 4.69) is 14.8 Å². The predicted octanol–water partition coefficient (Wildman–Crippen LogP) is 3.75. The van der Waals surface area contributed by atoms with Crippen LogP contribution in [0.15, 0.2) is 48.7 Å². The number of aromatic nitrogens is 1. The fourth-order valence-electron chi connectivity index (χ4n) is 2.75. The van der Waals surface area contributed by atoms with E-state index in [1.165, 1.54) is 18.2 Å². The third-order valence-electron chi connectivity index (χ3n) is 3.80. The Kier molecular flexibility index (Phi) is 2.99. The number of nitrogens with one attached hydrogen (secondary N) is 1. The van der Waals surface area contributed by atoms with E-state index in [4.69, 9.17) is 0 Å². The smallest absolute Gasteiger partial charge is 0.395 e. The molecule has 0 saturated heterocycles. The summed E-state index contributed by atoms with van der Waals surface area (Å²) in [6.07, 6.45) is -1.96. The van der Waals surface area contributed by atoms with Crippen LogP contribution < -0.4 is 14.8 Å². The minimum Gasteiger partial charge on any atom is -0.395 e. The predicted molar refractivity (Wildman–Crippen MR) is 83.5 cm³/mol. The maximum atomic E-state index is 13.0. The molecule has 1 N–H and O–H groups in total. The number of para-hydroxylation sites is 1. The molecule has 3 aromatic rings. The Labute approximate surface area is 135 Å². The summed E-state index contributed by atoms with van der Waals surface area (Å²) in [7, 11) is 1.85. The minimum atomic E-state index is -3.68. The largest absolute Gasteiger partial charge is 0.586 e. The molecule has 122 valence electrons. The molecule has 1 amide bonds. The van der Waals surface area contributed by atoms with E-state index >= 15 is 0 Å². The van der Waals surface area contributed by atoms with Gasteiger partial charge in [0.05, 0.1) is 5.56 Å². The van der Waals surface area contributed by atoms with Crippen LogP contribution >= 0.6 is 0 Å². The van der Waals surface area contributed by atoms with Gasteiger partial charge in [-0.2, -0.15) is 0 Å². The number of hydrogen-bond donors (Lipinski definition) is 1. The summed E-state index contributed by atoms with van der Waals surface area (Å²) < 4.78 is 36.6. The average molecular weight is 330 g/mol. The van der Waals surface area contributed by atoms with Gasteiger partial charge in [-0.3, -0.25) is 4.79 Å². The van der Waals surface area contributed by atoms with Crippen molar-refractivity contribution in [1.82, 2.24) is 4.57 Å². The number of fused-ring (bicyclic) bond motifs is 2. The lowest BCUT2D eigenvalue weighted by Gasteiger charge is -2.05. The molecule has 2 heterocycles. The van der Waals surface area contributed by atoms with Gasteiger partial charge < -0.3 is 19.4 Å². The molecule has 2 aromatic carbocycles. The van der Waals surface area contributed by atoms with Gasteiger partial charge in [-0.15, -0.1) is 8.78 Å². The zero-order valence-electron chi connectivity index (χ0n) is 12.5. The molecule has 0 aliphatic carbocycles. The minimum absolute atomic E-state index is 0.0665. The van der Waals surface area contributed by atoms with E-state index in [-0.39, 0.29) is 17.4 Å². The number of nitrogens with zero attached hydrogens (tertiary/aromatic N) is 1. The van der Waals surface area contributed by atoms with E-state index in [0.717, 1.165) is 10.9 Å². The molecule has 0 bridgehead atoms. The molecule has 1 aliphatic heterocycles. The van der Waals surface area contributed by atoms with Crippen molar-refractivity contribution in [2.75, 3.05) is 5.32 Å². The third-order valence-corrected chi connectivity index (χ3v) is 3.80. The quantitative estimate of drug-likeness (QED) is 0.778. The molecule has 0 fully saturated rings. The van der Waals surface area contributed by atoms with Crippen LogP contribution in [0.4, 0.5) is 14.5 Å². The van der Waals surface area contributed by atoms with Gasteiger partial charge in [0.15, 0.2) is 11.5 Å². The Morgan fingerprint density at radius 2 is 1.88 bits per heavy atom. The molecule has 7 heteroatoms. The van der Waals surface area contributed by atoms with E-state index in [9.17, 15) is 13.6 Å². The Morgan fingerprint density at radius 1 is 1.12 bits per heavy atom. The summed E-state index contributed by atoms with van der Waals surface area (Å²) in [5.74, 6) is -0.517. The van der Waals surface area contributed by atoms with Gasteiger partial charge in [0.25, 0.3) is 5.91 Å².